The molecule has 0 radical (unpaired) electrons. The van der Waals surface area contributed by atoms with Crippen LogP contribution in [0.2, 0.25) is 0 Å². The Morgan fingerprint density at radius 2 is 1.89 bits per heavy atom. The molecule has 186 valence electrons. The highest BCUT2D eigenvalue weighted by Crippen LogP contribution is 2.21. The van der Waals surface area contributed by atoms with Crippen LogP contribution in [0.4, 0.5) is 0 Å². The van der Waals surface area contributed by atoms with Crippen molar-refractivity contribution >= 4 is 22.8 Å². The van der Waals surface area contributed by atoms with Crippen LogP contribution in [0.1, 0.15) is 72.8 Å². The second kappa shape index (κ2) is 11.5. The Morgan fingerprint density at radius 1 is 1.06 bits per heavy atom. The van der Waals surface area contributed by atoms with Gasteiger partial charge in [0.2, 0.25) is 5.91 Å². The third kappa shape index (κ3) is 6.11. The molecule has 2 heterocycles. The normalized spacial score (nSPS) is 16.0. The summed E-state index contributed by atoms with van der Waals surface area (Å²) in [6.07, 6.45) is 7.08. The van der Waals surface area contributed by atoms with Crippen molar-refractivity contribution in [2.24, 2.45) is 0 Å². The predicted molar refractivity (Wildman–Crippen MR) is 141 cm³/mol. The van der Waals surface area contributed by atoms with Gasteiger partial charge in [-0.15, -0.1) is 0 Å². The molecule has 2 amide bonds. The molecule has 6 nitrogen and oxygen atoms in total. The van der Waals surface area contributed by atoms with Crippen LogP contribution in [-0.4, -0.2) is 45.4 Å². The maximum atomic E-state index is 13.1. The molecule has 0 spiro atoms. The van der Waals surface area contributed by atoms with Gasteiger partial charge in [0.1, 0.15) is 12.4 Å². The molecule has 1 aromatic heterocycles. The van der Waals surface area contributed by atoms with Gasteiger partial charge < -0.3 is 14.8 Å². The van der Waals surface area contributed by atoms with E-state index in [2.05, 4.69) is 22.9 Å². The Morgan fingerprint density at radius 3 is 2.69 bits per heavy atom. The van der Waals surface area contributed by atoms with Crippen LogP contribution in [0.25, 0.3) is 11.0 Å². The van der Waals surface area contributed by atoms with E-state index in [9.17, 15) is 9.59 Å². The molecule has 2 aromatic carbocycles. The molecule has 1 aliphatic rings. The van der Waals surface area contributed by atoms with Crippen LogP contribution in [0.15, 0.2) is 42.5 Å². The summed E-state index contributed by atoms with van der Waals surface area (Å²) in [5.74, 6) is 1.16. The number of hydrogen-bond donors (Lipinski definition) is 1. The number of piperidine rings is 1. The van der Waals surface area contributed by atoms with Gasteiger partial charge in [-0.1, -0.05) is 36.2 Å². The van der Waals surface area contributed by atoms with E-state index in [0.717, 1.165) is 78.6 Å². The minimum Gasteiger partial charge on any atom is -0.352 e. The first-order chi connectivity index (χ1) is 16.9. The van der Waals surface area contributed by atoms with Crippen molar-refractivity contribution in [2.75, 3.05) is 13.1 Å². The van der Waals surface area contributed by atoms with Gasteiger partial charge in [0, 0.05) is 31.1 Å². The molecule has 0 bridgehead atoms. The lowest BCUT2D eigenvalue weighted by molar-refractivity contribution is -0.135. The second-order valence-corrected chi connectivity index (χ2v) is 9.92. The summed E-state index contributed by atoms with van der Waals surface area (Å²) < 4.78 is 2.11. The van der Waals surface area contributed by atoms with Crippen LogP contribution in [0.3, 0.4) is 0 Å². The quantitative estimate of drug-likeness (QED) is 0.434. The van der Waals surface area contributed by atoms with Crippen molar-refractivity contribution < 1.29 is 9.59 Å². The molecular formula is C29H38N4O2. The van der Waals surface area contributed by atoms with E-state index in [4.69, 9.17) is 4.98 Å². The smallest absolute Gasteiger partial charge is 0.251 e. The topological polar surface area (TPSA) is 67.2 Å². The first-order valence-electron chi connectivity index (χ1n) is 13.0. The van der Waals surface area contributed by atoms with Crippen LogP contribution in [0, 0.1) is 13.8 Å². The summed E-state index contributed by atoms with van der Waals surface area (Å²) in [5.41, 5.74) is 4.90. The van der Waals surface area contributed by atoms with Gasteiger partial charge in [-0.05, 0) is 76.6 Å². The molecule has 1 atom stereocenters. The van der Waals surface area contributed by atoms with E-state index in [0.29, 0.717) is 19.1 Å². The van der Waals surface area contributed by atoms with Gasteiger partial charge in [-0.3, -0.25) is 9.59 Å². The summed E-state index contributed by atoms with van der Waals surface area (Å²) in [6.45, 7) is 8.04. The van der Waals surface area contributed by atoms with Gasteiger partial charge >= 0.3 is 0 Å². The fraction of sp³-hybridized carbons (Fsp3) is 0.483. The van der Waals surface area contributed by atoms with Gasteiger partial charge in [-0.25, -0.2) is 4.98 Å². The number of nitrogens with zero attached hydrogens (tertiary/aromatic N) is 3. The Balaban J connectivity index is 1.31. The van der Waals surface area contributed by atoms with E-state index < -0.39 is 0 Å². The lowest BCUT2D eigenvalue weighted by atomic mass is 10.0. The molecular weight excluding hydrogens is 436 g/mol. The highest BCUT2D eigenvalue weighted by atomic mass is 16.2. The number of aromatic nitrogens is 2. The number of aryl methyl sites for hydroxylation is 3. The summed E-state index contributed by atoms with van der Waals surface area (Å²) in [6, 6.07) is 14.3. The van der Waals surface area contributed by atoms with E-state index >= 15 is 0 Å². The highest BCUT2D eigenvalue weighted by Gasteiger charge is 2.24. The summed E-state index contributed by atoms with van der Waals surface area (Å²) in [4.78, 5) is 32.5. The van der Waals surface area contributed by atoms with E-state index in [1.165, 1.54) is 6.42 Å². The summed E-state index contributed by atoms with van der Waals surface area (Å²) >= 11 is 0. The minimum atomic E-state index is -0.00486. The maximum Gasteiger partial charge on any atom is 0.251 e. The third-order valence-corrected chi connectivity index (χ3v) is 7.14. The Hall–Kier alpha value is -3.15. The molecule has 35 heavy (non-hydrogen) atoms. The number of carbonyl (C=O) groups is 2. The van der Waals surface area contributed by atoms with E-state index in [-0.39, 0.29) is 11.8 Å². The third-order valence-electron chi connectivity index (χ3n) is 7.14. The van der Waals surface area contributed by atoms with Crippen LogP contribution >= 0.6 is 0 Å². The number of fused-ring (bicyclic) bond motifs is 1. The molecule has 0 saturated carbocycles. The van der Waals surface area contributed by atoms with Crippen LogP contribution in [-0.2, 0) is 17.8 Å². The SMILES string of the molecule is Cc1ccc(C(=O)NCCCCCc2nc3ccccc3n2CC(=O)N2CCCCC2C)c(C)c1. The van der Waals surface area contributed by atoms with Gasteiger partial charge in [0.25, 0.3) is 5.91 Å². The molecule has 1 unspecified atom stereocenters. The molecule has 3 aromatic rings. The van der Waals surface area contributed by atoms with Gasteiger partial charge in [-0.2, -0.15) is 0 Å². The fourth-order valence-corrected chi connectivity index (χ4v) is 5.14. The first kappa shape index (κ1) is 25.0. The fourth-order valence-electron chi connectivity index (χ4n) is 5.14. The molecule has 6 heteroatoms. The number of nitrogens with one attached hydrogen (secondary N) is 1. The molecule has 0 aliphatic carbocycles. The minimum absolute atomic E-state index is 0.00486. The Bertz CT molecular complexity index is 1180. The number of hydrogen-bond acceptors (Lipinski definition) is 3. The maximum absolute atomic E-state index is 13.1. The van der Waals surface area contributed by atoms with Gasteiger partial charge in [0.15, 0.2) is 0 Å². The predicted octanol–water partition coefficient (Wildman–Crippen LogP) is 5.20. The Kier molecular flexibility index (Phi) is 8.21. The first-order valence-corrected chi connectivity index (χ1v) is 13.0. The summed E-state index contributed by atoms with van der Waals surface area (Å²) in [5, 5.41) is 3.05. The zero-order chi connectivity index (χ0) is 24.8. The monoisotopic (exact) mass is 474 g/mol. The van der Waals surface area contributed by atoms with E-state index in [1.807, 2.05) is 55.1 Å². The van der Waals surface area contributed by atoms with Crippen LogP contribution < -0.4 is 5.32 Å². The highest BCUT2D eigenvalue weighted by molar-refractivity contribution is 5.95. The lowest BCUT2D eigenvalue weighted by Crippen LogP contribution is -2.43. The molecule has 1 aliphatic heterocycles. The lowest BCUT2D eigenvalue weighted by Gasteiger charge is -2.33. The van der Waals surface area contributed by atoms with Crippen LogP contribution in [0.5, 0.6) is 0 Å². The Labute approximate surface area is 208 Å². The van der Waals surface area contributed by atoms with Gasteiger partial charge in [0.05, 0.1) is 11.0 Å². The zero-order valence-electron chi connectivity index (χ0n) is 21.3. The summed E-state index contributed by atoms with van der Waals surface area (Å²) in [7, 11) is 0. The standard InChI is InChI=1S/C29H38N4O2/c1-21-15-16-24(22(2)19-21)29(35)30-17-9-4-5-14-27-31-25-12-6-7-13-26(25)33(27)20-28(34)32-18-10-8-11-23(32)3/h6-7,12-13,15-16,19,23H,4-5,8-11,14,17-18,20H2,1-3H3,(H,30,35). The number of rotatable bonds is 9. The van der Waals surface area contributed by atoms with Crippen molar-refractivity contribution in [2.45, 2.75) is 78.3 Å². The molecule has 4 rings (SSSR count). The van der Waals surface area contributed by atoms with Crippen molar-refractivity contribution in [3.05, 3.63) is 65.0 Å². The average Bonchev–Trinajstić information content (AvgIpc) is 3.18. The zero-order valence-corrected chi connectivity index (χ0v) is 21.3. The van der Waals surface area contributed by atoms with E-state index in [1.54, 1.807) is 0 Å². The number of imidazole rings is 1. The number of benzene rings is 2. The number of amides is 2. The van der Waals surface area contributed by atoms with Crippen molar-refractivity contribution in [3.63, 3.8) is 0 Å². The number of unbranched alkanes of at least 4 members (excludes halogenated alkanes) is 2. The number of carbonyl (C=O) groups excluding carboxylic acids is 2. The largest absolute Gasteiger partial charge is 0.352 e. The van der Waals surface area contributed by atoms with Crippen molar-refractivity contribution in [1.82, 2.24) is 19.8 Å². The number of likely N-dealkylation sites (tertiary alicyclic amines) is 1. The molecule has 1 fully saturated rings. The number of para-hydroxylation sites is 2. The van der Waals surface area contributed by atoms with Crippen molar-refractivity contribution in [1.29, 1.82) is 0 Å². The second-order valence-electron chi connectivity index (χ2n) is 9.92. The molecule has 1 N–H and O–H groups in total. The molecule has 1 saturated heterocycles. The van der Waals surface area contributed by atoms with Crippen molar-refractivity contribution in [3.8, 4) is 0 Å². The average molecular weight is 475 g/mol.